The fourth-order valence-electron chi connectivity index (χ4n) is 1.90. The smallest absolute Gasteiger partial charge is 0.411 e. The fourth-order valence-corrected chi connectivity index (χ4v) is 2.09. The quantitative estimate of drug-likeness (QED) is 0.801. The van der Waals surface area contributed by atoms with E-state index in [0.29, 0.717) is 10.7 Å². The number of ether oxygens (including phenoxy) is 1. The van der Waals surface area contributed by atoms with Gasteiger partial charge >= 0.3 is 6.09 Å². The number of hydrogen-bond acceptors (Lipinski definition) is 3. The molecule has 2 rings (SSSR count). The zero-order chi connectivity index (χ0) is 14.9. The Kier molecular flexibility index (Phi) is 3.90. The third-order valence-electron chi connectivity index (χ3n) is 2.69. The van der Waals surface area contributed by atoms with Crippen molar-refractivity contribution in [2.24, 2.45) is 0 Å². The van der Waals surface area contributed by atoms with Gasteiger partial charge in [0.05, 0.1) is 6.54 Å². The van der Waals surface area contributed by atoms with Crippen molar-refractivity contribution in [1.82, 2.24) is 4.90 Å². The van der Waals surface area contributed by atoms with Gasteiger partial charge in [-0.2, -0.15) is 0 Å². The van der Waals surface area contributed by atoms with Crippen LogP contribution >= 0.6 is 11.6 Å². The molecule has 0 aliphatic carbocycles. The molecule has 1 N–H and O–H groups in total. The Morgan fingerprint density at radius 3 is 2.70 bits per heavy atom. The molecule has 0 radical (unpaired) electrons. The summed E-state index contributed by atoms with van der Waals surface area (Å²) in [6, 6.07) is 5.16. The Morgan fingerprint density at radius 2 is 2.05 bits per heavy atom. The highest BCUT2D eigenvalue weighted by atomic mass is 35.5. The maximum absolute atomic E-state index is 12.1. The van der Waals surface area contributed by atoms with Gasteiger partial charge in [0, 0.05) is 10.7 Å². The van der Waals surface area contributed by atoms with E-state index in [1.54, 1.807) is 39.0 Å². The molecule has 0 atom stereocenters. The molecule has 1 aromatic carbocycles. The molecule has 0 aromatic heterocycles. The molecule has 20 heavy (non-hydrogen) atoms. The normalized spacial score (nSPS) is 15.2. The maximum Gasteiger partial charge on any atom is 0.411 e. The Bertz CT molecular complexity index is 552. The van der Waals surface area contributed by atoms with Gasteiger partial charge in [0.25, 0.3) is 0 Å². The summed E-state index contributed by atoms with van der Waals surface area (Å²) >= 11 is 5.95. The summed E-state index contributed by atoms with van der Waals surface area (Å²) < 4.78 is 5.30. The number of halogens is 1. The summed E-state index contributed by atoms with van der Waals surface area (Å²) in [7, 11) is 0. The number of benzene rings is 1. The molecule has 1 heterocycles. The van der Waals surface area contributed by atoms with Crippen molar-refractivity contribution in [3.8, 4) is 0 Å². The third kappa shape index (κ3) is 3.63. The van der Waals surface area contributed by atoms with Gasteiger partial charge in [-0.05, 0) is 44.5 Å². The second kappa shape index (κ2) is 5.32. The number of hydrogen-bond donors (Lipinski definition) is 1. The van der Waals surface area contributed by atoms with Crippen LogP contribution in [0.4, 0.5) is 10.5 Å². The highest BCUT2D eigenvalue weighted by Gasteiger charge is 2.27. The molecule has 0 saturated carbocycles. The van der Waals surface area contributed by atoms with E-state index in [9.17, 15) is 9.59 Å². The number of amides is 2. The number of carbonyl (C=O) groups excluding carboxylic acids is 2. The zero-order valence-electron chi connectivity index (χ0n) is 11.7. The van der Waals surface area contributed by atoms with Crippen molar-refractivity contribution in [1.29, 1.82) is 0 Å². The highest BCUT2D eigenvalue weighted by molar-refractivity contribution is 6.30. The molecular weight excluding hydrogens is 286 g/mol. The molecule has 5 nitrogen and oxygen atoms in total. The molecule has 0 spiro atoms. The van der Waals surface area contributed by atoms with Crippen molar-refractivity contribution in [3.63, 3.8) is 0 Å². The van der Waals surface area contributed by atoms with E-state index in [4.69, 9.17) is 16.3 Å². The van der Waals surface area contributed by atoms with E-state index in [0.717, 1.165) is 5.56 Å². The first-order valence-corrected chi connectivity index (χ1v) is 6.68. The second-order valence-corrected chi connectivity index (χ2v) is 6.12. The number of rotatable bonds is 0. The van der Waals surface area contributed by atoms with Crippen LogP contribution in [0.1, 0.15) is 26.3 Å². The Balaban J connectivity index is 2.24. The van der Waals surface area contributed by atoms with Gasteiger partial charge < -0.3 is 10.1 Å². The largest absolute Gasteiger partial charge is 0.444 e. The molecule has 108 valence electrons. The van der Waals surface area contributed by atoms with Crippen LogP contribution in [0.15, 0.2) is 18.2 Å². The summed E-state index contributed by atoms with van der Waals surface area (Å²) in [4.78, 5) is 25.3. The van der Waals surface area contributed by atoms with Crippen LogP contribution in [0.3, 0.4) is 0 Å². The van der Waals surface area contributed by atoms with Gasteiger partial charge in [0.15, 0.2) is 0 Å². The van der Waals surface area contributed by atoms with Crippen LogP contribution in [0.5, 0.6) is 0 Å². The maximum atomic E-state index is 12.1. The van der Waals surface area contributed by atoms with Gasteiger partial charge in [0.1, 0.15) is 12.1 Å². The van der Waals surface area contributed by atoms with Crippen LogP contribution in [0, 0.1) is 0 Å². The SMILES string of the molecule is CC(C)(C)OC(=O)N1CC(=O)N[13c]2[13cH][13cH][13c](Cl)[13cH][13c]2C1. The number of fused-ring (bicyclic) bond motifs is 1. The summed E-state index contributed by atoms with van der Waals surface area (Å²) in [5, 5.41) is 3.31. The predicted molar refractivity (Wildman–Crippen MR) is 76.7 cm³/mol. The van der Waals surface area contributed by atoms with E-state index < -0.39 is 11.7 Å². The average molecular weight is 303 g/mol. The van der Waals surface area contributed by atoms with Crippen molar-refractivity contribution in [2.45, 2.75) is 32.9 Å². The second-order valence-electron chi connectivity index (χ2n) is 5.69. The first-order valence-electron chi connectivity index (χ1n) is 6.31. The van der Waals surface area contributed by atoms with Crippen LogP contribution in [0.25, 0.3) is 0 Å². The Morgan fingerprint density at radius 1 is 1.35 bits per heavy atom. The number of nitrogens with zero attached hydrogens (tertiary/aromatic N) is 1. The van der Waals surface area contributed by atoms with Gasteiger partial charge in [-0.3, -0.25) is 9.69 Å². The van der Waals surface area contributed by atoms with Crippen LogP contribution < -0.4 is 5.32 Å². The van der Waals surface area contributed by atoms with E-state index in [2.05, 4.69) is 5.32 Å². The molecule has 0 unspecified atom stereocenters. The van der Waals surface area contributed by atoms with E-state index in [-0.39, 0.29) is 19.0 Å². The molecule has 0 bridgehead atoms. The van der Waals surface area contributed by atoms with Crippen LogP contribution in [0.2, 0.25) is 5.02 Å². The Hall–Kier alpha value is -1.75. The lowest BCUT2D eigenvalue weighted by Gasteiger charge is -2.25. The lowest BCUT2D eigenvalue weighted by Crippen LogP contribution is -2.39. The van der Waals surface area contributed by atoms with Crippen LogP contribution in [-0.4, -0.2) is 29.0 Å². The number of carbonyl (C=O) groups is 2. The summed E-state index contributed by atoms with van der Waals surface area (Å²) in [5.74, 6) is -0.253. The topological polar surface area (TPSA) is 58.6 Å². The number of anilines is 1. The van der Waals surface area contributed by atoms with E-state index in [1.807, 2.05) is 0 Å². The summed E-state index contributed by atoms with van der Waals surface area (Å²) in [5.41, 5.74) is 0.858. The molecule has 1 aromatic rings. The molecule has 2 amide bonds. The van der Waals surface area contributed by atoms with Crippen molar-refractivity contribution < 1.29 is 14.3 Å². The molecule has 6 heteroatoms. The summed E-state index contributed by atoms with van der Waals surface area (Å²) in [6.07, 6.45) is -0.513. The standard InChI is InChI=1S/C14H17ClN2O3/c1-14(2,3)20-13(19)17-7-9-6-10(15)4-5-11(9)16-12(18)8-17/h4-6H,7-8H2,1-3H3,(H,16,18)/i4+1,5+1,6+1,9+1,10+1,11+1. The minimum Gasteiger partial charge on any atom is -0.444 e. The first-order chi connectivity index (χ1) is 9.24. The molecule has 0 fully saturated rings. The zero-order valence-corrected chi connectivity index (χ0v) is 12.5. The van der Waals surface area contributed by atoms with Crippen molar-refractivity contribution in [2.75, 3.05) is 11.9 Å². The monoisotopic (exact) mass is 302 g/mol. The lowest BCUT2D eigenvalue weighted by atomic mass is 10.2. The molecule has 0 saturated heterocycles. The highest BCUT2D eigenvalue weighted by Crippen LogP contribution is 2.25. The van der Waals surface area contributed by atoms with Gasteiger partial charge in [-0.25, -0.2) is 4.79 Å². The molecular formula is C14H17ClN2O3. The summed E-state index contributed by atoms with van der Waals surface area (Å²) in [6.45, 7) is 5.60. The number of nitrogens with one attached hydrogen (secondary N) is 1. The third-order valence-corrected chi connectivity index (χ3v) is 2.92. The average Bonchev–Trinajstić information content (AvgIpc) is 2.45. The molecule has 1 aliphatic rings. The fraction of sp³-hybridized carbons (Fsp3) is 0.429. The van der Waals surface area contributed by atoms with Crippen LogP contribution in [-0.2, 0) is 16.1 Å². The van der Waals surface area contributed by atoms with Gasteiger partial charge in [-0.1, -0.05) is 11.6 Å². The minimum atomic E-state index is -0.600. The lowest BCUT2D eigenvalue weighted by molar-refractivity contribution is -0.117. The molecule has 1 aliphatic heterocycles. The van der Waals surface area contributed by atoms with Gasteiger partial charge in [-0.15, -0.1) is 0 Å². The van der Waals surface area contributed by atoms with Gasteiger partial charge in [0.2, 0.25) is 5.91 Å². The van der Waals surface area contributed by atoms with Crippen molar-refractivity contribution in [3.05, 3.63) is 28.8 Å². The minimum absolute atomic E-state index is 0.0405. The van der Waals surface area contributed by atoms with E-state index in [1.165, 1.54) is 4.90 Å². The first kappa shape index (κ1) is 14.7. The Labute approximate surface area is 122 Å². The van der Waals surface area contributed by atoms with Crippen molar-refractivity contribution >= 4 is 29.3 Å². The van der Waals surface area contributed by atoms with E-state index >= 15 is 0 Å². The predicted octanol–water partition coefficient (Wildman–Crippen LogP) is 3.03.